The second-order valence-electron chi connectivity index (χ2n) is 7.39. The lowest BCUT2D eigenvalue weighted by molar-refractivity contribution is -0.135. The van der Waals surface area contributed by atoms with Gasteiger partial charge in [0.25, 0.3) is 5.91 Å². The summed E-state index contributed by atoms with van der Waals surface area (Å²) in [4.78, 5) is 38.7. The van der Waals surface area contributed by atoms with Gasteiger partial charge in [-0.15, -0.1) is 0 Å². The lowest BCUT2D eigenvalue weighted by Gasteiger charge is -2.30. The molecule has 6 nitrogen and oxygen atoms in total. The van der Waals surface area contributed by atoms with E-state index in [4.69, 9.17) is 0 Å². The Morgan fingerprint density at radius 1 is 1.35 bits per heavy atom. The third kappa shape index (κ3) is 3.63. The highest BCUT2D eigenvalue weighted by Crippen LogP contribution is 2.30. The van der Waals surface area contributed by atoms with Gasteiger partial charge in [0.2, 0.25) is 5.91 Å². The smallest absolute Gasteiger partial charge is 0.325 e. The van der Waals surface area contributed by atoms with E-state index in [1.54, 1.807) is 19.1 Å². The first kappa shape index (κ1) is 18.9. The normalized spacial score (nSPS) is 28.8. The average molecular weight is 422 g/mol. The molecule has 2 aliphatic rings. The molecule has 0 aromatic heterocycles. The maximum absolute atomic E-state index is 12.9. The summed E-state index contributed by atoms with van der Waals surface area (Å²) in [7, 11) is 0. The van der Waals surface area contributed by atoms with E-state index < -0.39 is 17.5 Å². The zero-order valence-corrected chi connectivity index (χ0v) is 16.6. The molecule has 2 fully saturated rings. The van der Waals surface area contributed by atoms with Crippen LogP contribution >= 0.6 is 15.9 Å². The highest BCUT2D eigenvalue weighted by atomic mass is 79.9. The van der Waals surface area contributed by atoms with Gasteiger partial charge in [-0.3, -0.25) is 14.5 Å². The Morgan fingerprint density at radius 3 is 2.77 bits per heavy atom. The van der Waals surface area contributed by atoms with Crippen LogP contribution in [0.3, 0.4) is 0 Å². The van der Waals surface area contributed by atoms with E-state index in [0.29, 0.717) is 11.5 Å². The summed E-state index contributed by atoms with van der Waals surface area (Å²) in [5, 5.41) is 5.72. The van der Waals surface area contributed by atoms with Gasteiger partial charge in [-0.05, 0) is 43.4 Å². The largest absolute Gasteiger partial charge is 0.352 e. The average Bonchev–Trinajstić information content (AvgIpc) is 2.81. The van der Waals surface area contributed by atoms with E-state index in [0.717, 1.165) is 28.6 Å². The van der Waals surface area contributed by atoms with Crippen LogP contribution in [0.5, 0.6) is 0 Å². The van der Waals surface area contributed by atoms with Crippen molar-refractivity contribution in [3.8, 4) is 0 Å². The summed E-state index contributed by atoms with van der Waals surface area (Å²) in [6.45, 7) is 3.54. The van der Waals surface area contributed by atoms with Gasteiger partial charge in [-0.2, -0.15) is 0 Å². The van der Waals surface area contributed by atoms with Crippen LogP contribution in [0.1, 0.15) is 45.1 Å². The maximum atomic E-state index is 12.9. The van der Waals surface area contributed by atoms with Gasteiger partial charge < -0.3 is 10.6 Å². The van der Waals surface area contributed by atoms with Crippen molar-refractivity contribution in [1.82, 2.24) is 15.5 Å². The van der Waals surface area contributed by atoms with Crippen LogP contribution in [-0.2, 0) is 15.1 Å². The van der Waals surface area contributed by atoms with Crippen molar-refractivity contribution in [3.05, 3.63) is 34.3 Å². The third-order valence-corrected chi connectivity index (χ3v) is 5.93. The Kier molecular flexibility index (Phi) is 5.37. The van der Waals surface area contributed by atoms with Gasteiger partial charge >= 0.3 is 6.03 Å². The summed E-state index contributed by atoms with van der Waals surface area (Å²) in [6.07, 6.45) is 4.32. The molecule has 1 aromatic rings. The van der Waals surface area contributed by atoms with Crippen LogP contribution in [0.4, 0.5) is 4.79 Å². The second-order valence-corrected chi connectivity index (χ2v) is 8.31. The molecule has 1 aromatic carbocycles. The molecule has 3 atom stereocenters. The van der Waals surface area contributed by atoms with Crippen molar-refractivity contribution >= 4 is 33.8 Å². The summed E-state index contributed by atoms with van der Waals surface area (Å²) in [6, 6.07) is 6.83. The number of benzene rings is 1. The Balaban J connectivity index is 1.70. The van der Waals surface area contributed by atoms with E-state index in [9.17, 15) is 14.4 Å². The van der Waals surface area contributed by atoms with Gasteiger partial charge in [0.1, 0.15) is 12.1 Å². The number of nitrogens with one attached hydrogen (secondary N) is 2. The monoisotopic (exact) mass is 421 g/mol. The highest BCUT2D eigenvalue weighted by molar-refractivity contribution is 9.10. The molecule has 1 saturated heterocycles. The summed E-state index contributed by atoms with van der Waals surface area (Å²) in [5.41, 5.74) is -0.492. The van der Waals surface area contributed by atoms with Crippen LogP contribution in [0.2, 0.25) is 0 Å². The van der Waals surface area contributed by atoms with E-state index >= 15 is 0 Å². The Labute approximate surface area is 161 Å². The lowest BCUT2D eigenvalue weighted by atomic mass is 9.86. The molecule has 1 heterocycles. The minimum atomic E-state index is -1.17. The number of hydrogen-bond acceptors (Lipinski definition) is 3. The molecule has 0 bridgehead atoms. The van der Waals surface area contributed by atoms with Crippen LogP contribution in [-0.4, -0.2) is 35.3 Å². The minimum Gasteiger partial charge on any atom is -0.352 e. The number of amides is 4. The fourth-order valence-electron chi connectivity index (χ4n) is 3.76. The van der Waals surface area contributed by atoms with Crippen LogP contribution in [0.15, 0.2) is 28.7 Å². The van der Waals surface area contributed by atoms with Gasteiger partial charge in [-0.25, -0.2) is 4.79 Å². The van der Waals surface area contributed by atoms with Crippen molar-refractivity contribution in [1.29, 1.82) is 0 Å². The Hall–Kier alpha value is -1.89. The van der Waals surface area contributed by atoms with E-state index in [-0.39, 0.29) is 18.5 Å². The fraction of sp³-hybridized carbons (Fsp3) is 0.526. The SMILES string of the molecule is C[C@@H]1CCCC[C@H]1NC(=O)CN1C(=O)N[C@](C)(c2cccc(Br)c2)C1=O. The van der Waals surface area contributed by atoms with Gasteiger partial charge in [0.05, 0.1) is 0 Å². The summed E-state index contributed by atoms with van der Waals surface area (Å²) in [5.74, 6) is -0.277. The molecule has 2 N–H and O–H groups in total. The van der Waals surface area contributed by atoms with E-state index in [1.165, 1.54) is 6.42 Å². The van der Waals surface area contributed by atoms with Crippen molar-refractivity contribution in [2.75, 3.05) is 6.54 Å². The standard InChI is InChI=1S/C19H24BrN3O3/c1-12-6-3-4-9-15(12)21-16(24)11-23-17(25)19(2,22-18(23)26)13-7-5-8-14(20)10-13/h5,7-8,10,12,15H,3-4,6,9,11H2,1-2H3,(H,21,24)(H,22,26)/t12-,15-,19-/m1/s1. The topological polar surface area (TPSA) is 78.5 Å². The number of rotatable bonds is 4. The minimum absolute atomic E-state index is 0.119. The van der Waals surface area contributed by atoms with Crippen molar-refractivity contribution in [2.45, 2.75) is 51.1 Å². The van der Waals surface area contributed by atoms with Crippen LogP contribution < -0.4 is 10.6 Å². The molecule has 3 rings (SSSR count). The number of hydrogen-bond donors (Lipinski definition) is 2. The zero-order valence-electron chi connectivity index (χ0n) is 15.0. The van der Waals surface area contributed by atoms with Crippen LogP contribution in [0, 0.1) is 5.92 Å². The van der Waals surface area contributed by atoms with Crippen molar-refractivity contribution < 1.29 is 14.4 Å². The van der Waals surface area contributed by atoms with Gasteiger partial charge in [0, 0.05) is 10.5 Å². The van der Waals surface area contributed by atoms with Crippen molar-refractivity contribution in [2.24, 2.45) is 5.92 Å². The molecule has 4 amide bonds. The fourth-order valence-corrected chi connectivity index (χ4v) is 4.16. The van der Waals surface area contributed by atoms with E-state index in [1.807, 2.05) is 12.1 Å². The molecule has 26 heavy (non-hydrogen) atoms. The third-order valence-electron chi connectivity index (χ3n) is 5.44. The van der Waals surface area contributed by atoms with Crippen molar-refractivity contribution in [3.63, 3.8) is 0 Å². The summed E-state index contributed by atoms with van der Waals surface area (Å²) >= 11 is 3.38. The van der Waals surface area contributed by atoms with Gasteiger partial charge in [-0.1, -0.05) is 47.8 Å². The molecule has 7 heteroatoms. The van der Waals surface area contributed by atoms with Crippen LogP contribution in [0.25, 0.3) is 0 Å². The molecule has 1 aliphatic carbocycles. The number of carbonyl (C=O) groups is 3. The van der Waals surface area contributed by atoms with E-state index in [2.05, 4.69) is 33.5 Å². The number of imide groups is 1. The predicted molar refractivity (Wildman–Crippen MR) is 101 cm³/mol. The molecule has 0 spiro atoms. The van der Waals surface area contributed by atoms with Gasteiger partial charge in [0.15, 0.2) is 0 Å². The zero-order chi connectivity index (χ0) is 18.9. The molecule has 1 saturated carbocycles. The molecule has 140 valence electrons. The number of halogens is 1. The Bertz CT molecular complexity index is 738. The maximum Gasteiger partial charge on any atom is 0.325 e. The first-order chi connectivity index (χ1) is 12.3. The number of nitrogens with zero attached hydrogens (tertiary/aromatic N) is 1. The molecular weight excluding hydrogens is 398 g/mol. The number of carbonyl (C=O) groups excluding carboxylic acids is 3. The second kappa shape index (κ2) is 7.39. The molecule has 0 unspecified atom stereocenters. The lowest BCUT2D eigenvalue weighted by Crippen LogP contribution is -2.47. The Morgan fingerprint density at radius 2 is 2.08 bits per heavy atom. The molecule has 1 aliphatic heterocycles. The first-order valence-electron chi connectivity index (χ1n) is 9.01. The highest BCUT2D eigenvalue weighted by Gasteiger charge is 2.49. The quantitative estimate of drug-likeness (QED) is 0.733. The predicted octanol–water partition coefficient (Wildman–Crippen LogP) is 2.91. The first-order valence-corrected chi connectivity index (χ1v) is 9.80. The molecular formula is C19H24BrN3O3. The number of urea groups is 1. The molecule has 0 radical (unpaired) electrons. The summed E-state index contributed by atoms with van der Waals surface area (Å²) < 4.78 is 0.820.